The maximum atomic E-state index is 12.3. The summed E-state index contributed by atoms with van der Waals surface area (Å²) in [5.74, 6) is 1.58. The van der Waals surface area contributed by atoms with Crippen molar-refractivity contribution in [3.05, 3.63) is 65.7 Å². The molecule has 19 heavy (non-hydrogen) atoms. The smallest absolute Gasteiger partial charge is 0.166 e. The second-order valence-corrected chi connectivity index (χ2v) is 4.95. The minimum Gasteiger partial charge on any atom is -0.497 e. The molecule has 0 aromatic heterocycles. The lowest BCUT2D eigenvalue weighted by Gasteiger charge is -2.03. The molecule has 0 saturated heterocycles. The molecule has 1 fully saturated rings. The Balaban J connectivity index is 1.72. The van der Waals surface area contributed by atoms with E-state index in [1.165, 1.54) is 5.56 Å². The van der Waals surface area contributed by atoms with Crippen molar-refractivity contribution in [2.75, 3.05) is 7.11 Å². The average molecular weight is 252 g/mol. The van der Waals surface area contributed by atoms with E-state index < -0.39 is 0 Å². The first-order valence-electron chi connectivity index (χ1n) is 6.53. The minimum absolute atomic E-state index is 0.149. The number of rotatable bonds is 4. The van der Waals surface area contributed by atoms with E-state index in [-0.39, 0.29) is 11.7 Å². The number of carbonyl (C=O) groups excluding carboxylic acids is 1. The molecule has 1 aliphatic carbocycles. The fraction of sp³-hybridized carbons (Fsp3) is 0.235. The van der Waals surface area contributed by atoms with E-state index in [1.54, 1.807) is 7.11 Å². The third-order valence-electron chi connectivity index (χ3n) is 3.73. The third kappa shape index (κ3) is 2.39. The SMILES string of the molecule is COc1ccc(C(=O)[C@H]2C[C@@H]2c2ccccc2)cc1. The second kappa shape index (κ2) is 4.88. The van der Waals surface area contributed by atoms with Gasteiger partial charge < -0.3 is 4.74 Å². The quantitative estimate of drug-likeness (QED) is 0.776. The Morgan fingerprint density at radius 3 is 2.37 bits per heavy atom. The number of ketones is 1. The number of benzene rings is 2. The highest BCUT2D eigenvalue weighted by Gasteiger charge is 2.43. The lowest BCUT2D eigenvalue weighted by atomic mass is 10.0. The van der Waals surface area contributed by atoms with Crippen molar-refractivity contribution >= 4 is 5.78 Å². The van der Waals surface area contributed by atoms with Crippen LogP contribution in [0.5, 0.6) is 5.75 Å². The Kier molecular flexibility index (Phi) is 3.08. The van der Waals surface area contributed by atoms with Crippen LogP contribution in [0, 0.1) is 5.92 Å². The van der Waals surface area contributed by atoms with E-state index >= 15 is 0 Å². The highest BCUT2D eigenvalue weighted by molar-refractivity contribution is 6.00. The van der Waals surface area contributed by atoms with Crippen LogP contribution in [0.15, 0.2) is 54.6 Å². The highest BCUT2D eigenvalue weighted by atomic mass is 16.5. The summed E-state index contributed by atoms with van der Waals surface area (Å²) in [5, 5.41) is 0. The Morgan fingerprint density at radius 1 is 1.05 bits per heavy atom. The van der Waals surface area contributed by atoms with Gasteiger partial charge in [0.25, 0.3) is 0 Å². The zero-order valence-corrected chi connectivity index (χ0v) is 10.9. The van der Waals surface area contributed by atoms with Crippen molar-refractivity contribution in [2.24, 2.45) is 5.92 Å². The molecule has 1 aliphatic rings. The fourth-order valence-corrected chi connectivity index (χ4v) is 2.52. The lowest BCUT2D eigenvalue weighted by molar-refractivity contribution is 0.0965. The molecule has 0 amide bonds. The van der Waals surface area contributed by atoms with Gasteiger partial charge in [0.05, 0.1) is 7.11 Å². The summed E-state index contributed by atoms with van der Waals surface area (Å²) in [7, 11) is 1.63. The monoisotopic (exact) mass is 252 g/mol. The molecular formula is C17H16O2. The molecule has 96 valence electrons. The Bertz CT molecular complexity index is 572. The van der Waals surface area contributed by atoms with Crippen LogP contribution in [-0.4, -0.2) is 12.9 Å². The first-order chi connectivity index (χ1) is 9.29. The first-order valence-corrected chi connectivity index (χ1v) is 6.53. The molecule has 1 saturated carbocycles. The van der Waals surface area contributed by atoms with Gasteiger partial charge in [-0.2, -0.15) is 0 Å². The molecular weight excluding hydrogens is 236 g/mol. The summed E-state index contributed by atoms with van der Waals surface area (Å²) in [4.78, 5) is 12.3. The molecule has 2 aromatic carbocycles. The Hall–Kier alpha value is -2.09. The van der Waals surface area contributed by atoms with Crippen molar-refractivity contribution in [2.45, 2.75) is 12.3 Å². The number of hydrogen-bond acceptors (Lipinski definition) is 2. The molecule has 3 rings (SSSR count). The van der Waals surface area contributed by atoms with Gasteiger partial charge in [-0.25, -0.2) is 0 Å². The van der Waals surface area contributed by atoms with Crippen LogP contribution in [0.3, 0.4) is 0 Å². The van der Waals surface area contributed by atoms with E-state index in [0.29, 0.717) is 5.92 Å². The van der Waals surface area contributed by atoms with Crippen LogP contribution in [0.4, 0.5) is 0 Å². The molecule has 0 aliphatic heterocycles. The summed E-state index contributed by atoms with van der Waals surface area (Å²) < 4.78 is 5.10. The number of hydrogen-bond donors (Lipinski definition) is 0. The Morgan fingerprint density at radius 2 is 1.74 bits per heavy atom. The molecule has 2 nitrogen and oxygen atoms in total. The molecule has 0 unspecified atom stereocenters. The van der Waals surface area contributed by atoms with Gasteiger partial charge in [0.1, 0.15) is 5.75 Å². The largest absolute Gasteiger partial charge is 0.497 e. The predicted molar refractivity (Wildman–Crippen MR) is 74.6 cm³/mol. The third-order valence-corrected chi connectivity index (χ3v) is 3.73. The minimum atomic E-state index is 0.149. The van der Waals surface area contributed by atoms with Gasteiger partial charge in [0, 0.05) is 11.5 Å². The van der Waals surface area contributed by atoms with Gasteiger partial charge in [0.2, 0.25) is 0 Å². The summed E-state index contributed by atoms with van der Waals surface area (Å²) in [6, 6.07) is 17.7. The van der Waals surface area contributed by atoms with Crippen LogP contribution in [0.25, 0.3) is 0 Å². The summed E-state index contributed by atoms with van der Waals surface area (Å²) >= 11 is 0. The van der Waals surface area contributed by atoms with Crippen molar-refractivity contribution in [3.8, 4) is 5.75 Å². The molecule has 2 aromatic rings. The van der Waals surface area contributed by atoms with Crippen molar-refractivity contribution in [3.63, 3.8) is 0 Å². The molecule has 0 bridgehead atoms. The van der Waals surface area contributed by atoms with Crippen LogP contribution < -0.4 is 4.74 Å². The molecule has 0 N–H and O–H groups in total. The molecule has 2 heteroatoms. The second-order valence-electron chi connectivity index (χ2n) is 4.95. The van der Waals surface area contributed by atoms with Crippen molar-refractivity contribution < 1.29 is 9.53 Å². The lowest BCUT2D eigenvalue weighted by Crippen LogP contribution is -2.03. The van der Waals surface area contributed by atoms with E-state index in [2.05, 4.69) is 12.1 Å². The standard InChI is InChI=1S/C17H16O2/c1-19-14-9-7-13(8-10-14)17(18)16-11-15(16)12-5-3-2-4-6-12/h2-10,15-16H,11H2,1H3/t15-,16+/m1/s1. The van der Waals surface area contributed by atoms with Gasteiger partial charge >= 0.3 is 0 Å². The molecule has 0 radical (unpaired) electrons. The zero-order chi connectivity index (χ0) is 13.2. The Labute approximate surface area is 113 Å². The highest BCUT2D eigenvalue weighted by Crippen LogP contribution is 2.49. The average Bonchev–Trinajstić information content (AvgIpc) is 3.28. The van der Waals surface area contributed by atoms with Crippen LogP contribution in [0.1, 0.15) is 28.3 Å². The maximum absolute atomic E-state index is 12.3. The summed E-state index contributed by atoms with van der Waals surface area (Å²) in [6.45, 7) is 0. The van der Waals surface area contributed by atoms with E-state index in [0.717, 1.165) is 17.7 Å². The number of Topliss-reactive ketones (excluding diaryl/α,β-unsaturated/α-hetero) is 1. The van der Waals surface area contributed by atoms with Crippen LogP contribution >= 0.6 is 0 Å². The van der Waals surface area contributed by atoms with Crippen molar-refractivity contribution in [1.82, 2.24) is 0 Å². The molecule has 0 spiro atoms. The van der Waals surface area contributed by atoms with Crippen molar-refractivity contribution in [1.29, 1.82) is 0 Å². The van der Waals surface area contributed by atoms with Gasteiger partial charge in [-0.05, 0) is 42.2 Å². The van der Waals surface area contributed by atoms with Crippen LogP contribution in [0.2, 0.25) is 0 Å². The zero-order valence-electron chi connectivity index (χ0n) is 10.9. The normalized spacial score (nSPS) is 20.9. The number of ether oxygens (including phenoxy) is 1. The maximum Gasteiger partial charge on any atom is 0.166 e. The van der Waals surface area contributed by atoms with Gasteiger partial charge in [0.15, 0.2) is 5.78 Å². The molecule has 2 atom stereocenters. The molecule has 0 heterocycles. The van der Waals surface area contributed by atoms with Crippen LogP contribution in [-0.2, 0) is 0 Å². The van der Waals surface area contributed by atoms with Gasteiger partial charge in [-0.15, -0.1) is 0 Å². The first kappa shape index (κ1) is 12.0. The summed E-state index contributed by atoms with van der Waals surface area (Å²) in [5.41, 5.74) is 2.05. The van der Waals surface area contributed by atoms with E-state index in [4.69, 9.17) is 4.74 Å². The summed E-state index contributed by atoms with van der Waals surface area (Å²) in [6.07, 6.45) is 0.967. The number of carbonyl (C=O) groups is 1. The number of methoxy groups -OCH3 is 1. The predicted octanol–water partition coefficient (Wildman–Crippen LogP) is 3.68. The fourth-order valence-electron chi connectivity index (χ4n) is 2.52. The topological polar surface area (TPSA) is 26.3 Å². The van der Waals surface area contributed by atoms with Gasteiger partial charge in [-0.3, -0.25) is 4.79 Å². The van der Waals surface area contributed by atoms with E-state index in [1.807, 2.05) is 42.5 Å². The van der Waals surface area contributed by atoms with Gasteiger partial charge in [-0.1, -0.05) is 30.3 Å². The van der Waals surface area contributed by atoms with E-state index in [9.17, 15) is 4.79 Å².